The number of hydrogen-bond donors (Lipinski definition) is 1. The molecule has 1 heterocycles. The fourth-order valence-corrected chi connectivity index (χ4v) is 2.60. The first-order valence-electron chi connectivity index (χ1n) is 5.98. The average molecular weight is 293 g/mol. The number of nitrogens with two attached hydrogens (primary N) is 1. The summed E-state index contributed by atoms with van der Waals surface area (Å²) in [6, 6.07) is 5.54. The van der Waals surface area contributed by atoms with Crippen molar-refractivity contribution >= 4 is 24.0 Å². The Hall–Kier alpha value is -0.350. The molecule has 2 unspecified atom stereocenters. The van der Waals surface area contributed by atoms with Crippen molar-refractivity contribution in [1.29, 1.82) is 0 Å². The van der Waals surface area contributed by atoms with E-state index < -0.39 is 0 Å². The Balaban J connectivity index is 0.00000162. The molecule has 2 rings (SSSR count). The monoisotopic (exact) mass is 292 g/mol. The molecule has 2 atom stereocenters. The van der Waals surface area contributed by atoms with Crippen LogP contribution in [0.2, 0.25) is 5.02 Å². The van der Waals surface area contributed by atoms with Gasteiger partial charge < -0.3 is 5.73 Å². The molecule has 18 heavy (non-hydrogen) atoms. The Bertz CT molecular complexity index is 401. The number of halogens is 3. The lowest BCUT2D eigenvalue weighted by Gasteiger charge is -2.21. The van der Waals surface area contributed by atoms with Crippen LogP contribution in [0.25, 0.3) is 0 Å². The molecule has 0 aromatic heterocycles. The van der Waals surface area contributed by atoms with Gasteiger partial charge in [0.05, 0.1) is 5.02 Å². The molecule has 1 aliphatic rings. The SMILES string of the molecule is CC1CC(CN)CN1Cc1ccc(Cl)c(F)c1.Cl. The summed E-state index contributed by atoms with van der Waals surface area (Å²) in [7, 11) is 0. The van der Waals surface area contributed by atoms with Gasteiger partial charge in [0, 0.05) is 19.1 Å². The quantitative estimate of drug-likeness (QED) is 0.928. The van der Waals surface area contributed by atoms with E-state index in [1.807, 2.05) is 6.07 Å². The molecule has 2 N–H and O–H groups in total. The molecule has 1 aromatic rings. The lowest BCUT2D eigenvalue weighted by atomic mass is 10.1. The van der Waals surface area contributed by atoms with Crippen LogP contribution in [-0.4, -0.2) is 24.0 Å². The van der Waals surface area contributed by atoms with Crippen LogP contribution in [-0.2, 0) is 6.54 Å². The molecule has 0 amide bonds. The van der Waals surface area contributed by atoms with Gasteiger partial charge in [-0.1, -0.05) is 17.7 Å². The maximum atomic E-state index is 13.3. The van der Waals surface area contributed by atoms with Gasteiger partial charge in [0.15, 0.2) is 0 Å². The number of likely N-dealkylation sites (tertiary alicyclic amines) is 1. The van der Waals surface area contributed by atoms with Crippen molar-refractivity contribution in [2.24, 2.45) is 11.7 Å². The van der Waals surface area contributed by atoms with Crippen molar-refractivity contribution in [3.63, 3.8) is 0 Å². The number of rotatable bonds is 3. The Kier molecular flexibility index (Phi) is 5.86. The van der Waals surface area contributed by atoms with Gasteiger partial charge in [0.25, 0.3) is 0 Å². The molecule has 0 saturated carbocycles. The van der Waals surface area contributed by atoms with E-state index in [2.05, 4.69) is 11.8 Å². The Morgan fingerprint density at radius 3 is 2.78 bits per heavy atom. The van der Waals surface area contributed by atoms with Crippen molar-refractivity contribution in [3.8, 4) is 0 Å². The first kappa shape index (κ1) is 15.7. The first-order chi connectivity index (χ1) is 8.10. The van der Waals surface area contributed by atoms with Crippen LogP contribution in [0.15, 0.2) is 18.2 Å². The summed E-state index contributed by atoms with van der Waals surface area (Å²) in [6.45, 7) is 4.70. The third-order valence-corrected chi connectivity index (χ3v) is 3.80. The van der Waals surface area contributed by atoms with Crippen LogP contribution >= 0.6 is 24.0 Å². The van der Waals surface area contributed by atoms with Gasteiger partial charge in [-0.2, -0.15) is 0 Å². The fourth-order valence-electron chi connectivity index (χ4n) is 2.48. The van der Waals surface area contributed by atoms with Crippen molar-refractivity contribution in [3.05, 3.63) is 34.6 Å². The van der Waals surface area contributed by atoms with E-state index in [1.54, 1.807) is 6.07 Å². The molecule has 0 spiro atoms. The van der Waals surface area contributed by atoms with E-state index in [0.29, 0.717) is 12.0 Å². The topological polar surface area (TPSA) is 29.3 Å². The number of benzene rings is 1. The van der Waals surface area contributed by atoms with E-state index in [1.165, 1.54) is 6.07 Å². The minimum absolute atomic E-state index is 0. The van der Waals surface area contributed by atoms with E-state index >= 15 is 0 Å². The summed E-state index contributed by atoms with van der Waals surface area (Å²) < 4.78 is 13.3. The zero-order valence-electron chi connectivity index (χ0n) is 10.4. The standard InChI is InChI=1S/C13H18ClFN2.ClH/c1-9-4-11(6-16)8-17(9)7-10-2-3-12(14)13(15)5-10;/h2-3,5,9,11H,4,6-8,16H2,1H3;1H. The smallest absolute Gasteiger partial charge is 0.142 e. The summed E-state index contributed by atoms with van der Waals surface area (Å²) in [4.78, 5) is 2.35. The highest BCUT2D eigenvalue weighted by Crippen LogP contribution is 2.25. The summed E-state index contributed by atoms with van der Waals surface area (Å²) in [5, 5.41) is 0.183. The minimum Gasteiger partial charge on any atom is -0.330 e. The van der Waals surface area contributed by atoms with Crippen LogP contribution in [0, 0.1) is 11.7 Å². The molecule has 0 radical (unpaired) electrons. The van der Waals surface area contributed by atoms with Crippen molar-refractivity contribution in [2.75, 3.05) is 13.1 Å². The highest BCUT2D eigenvalue weighted by atomic mass is 35.5. The summed E-state index contributed by atoms with van der Waals surface area (Å²) >= 11 is 5.67. The highest BCUT2D eigenvalue weighted by molar-refractivity contribution is 6.30. The molecule has 1 saturated heterocycles. The molecular weight excluding hydrogens is 274 g/mol. The van der Waals surface area contributed by atoms with Gasteiger partial charge in [0.1, 0.15) is 5.82 Å². The second-order valence-electron chi connectivity index (χ2n) is 4.86. The zero-order chi connectivity index (χ0) is 12.4. The van der Waals surface area contributed by atoms with Crippen LogP contribution in [0.1, 0.15) is 18.9 Å². The zero-order valence-corrected chi connectivity index (χ0v) is 12.0. The fraction of sp³-hybridized carbons (Fsp3) is 0.538. The molecule has 1 fully saturated rings. The van der Waals surface area contributed by atoms with Crippen LogP contribution in [0.3, 0.4) is 0 Å². The normalized spacial score (nSPS) is 24.0. The number of hydrogen-bond acceptors (Lipinski definition) is 2. The van der Waals surface area contributed by atoms with Crippen LogP contribution < -0.4 is 5.73 Å². The van der Waals surface area contributed by atoms with Crippen LogP contribution in [0.5, 0.6) is 0 Å². The molecule has 0 aliphatic carbocycles. The second-order valence-corrected chi connectivity index (χ2v) is 5.27. The molecule has 1 aliphatic heterocycles. The summed E-state index contributed by atoms with van der Waals surface area (Å²) in [5.74, 6) is 0.230. The second kappa shape index (κ2) is 6.71. The average Bonchev–Trinajstić information content (AvgIpc) is 2.65. The summed E-state index contributed by atoms with van der Waals surface area (Å²) in [5.41, 5.74) is 6.66. The van der Waals surface area contributed by atoms with E-state index in [-0.39, 0.29) is 23.2 Å². The summed E-state index contributed by atoms with van der Waals surface area (Å²) in [6.07, 6.45) is 1.13. The van der Waals surface area contributed by atoms with E-state index in [9.17, 15) is 4.39 Å². The molecule has 5 heteroatoms. The van der Waals surface area contributed by atoms with E-state index in [4.69, 9.17) is 17.3 Å². The van der Waals surface area contributed by atoms with Gasteiger partial charge in [-0.05, 0) is 43.5 Å². The molecule has 2 nitrogen and oxygen atoms in total. The minimum atomic E-state index is -0.341. The molecule has 1 aromatic carbocycles. The number of nitrogens with zero attached hydrogens (tertiary/aromatic N) is 1. The van der Waals surface area contributed by atoms with Crippen LogP contribution in [0.4, 0.5) is 4.39 Å². The van der Waals surface area contributed by atoms with Gasteiger partial charge in [-0.3, -0.25) is 4.90 Å². The van der Waals surface area contributed by atoms with Crippen molar-refractivity contribution < 1.29 is 4.39 Å². The van der Waals surface area contributed by atoms with Crippen molar-refractivity contribution in [2.45, 2.75) is 25.9 Å². The maximum absolute atomic E-state index is 13.3. The van der Waals surface area contributed by atoms with Gasteiger partial charge in [0.2, 0.25) is 0 Å². The highest BCUT2D eigenvalue weighted by Gasteiger charge is 2.27. The van der Waals surface area contributed by atoms with Gasteiger partial charge in [-0.25, -0.2) is 4.39 Å². The first-order valence-corrected chi connectivity index (χ1v) is 6.36. The third kappa shape index (κ3) is 3.58. The Morgan fingerprint density at radius 1 is 1.50 bits per heavy atom. The molecular formula is C13H19Cl2FN2. The predicted molar refractivity (Wildman–Crippen MR) is 75.7 cm³/mol. The third-order valence-electron chi connectivity index (χ3n) is 3.49. The lowest BCUT2D eigenvalue weighted by Crippen LogP contribution is -2.27. The lowest BCUT2D eigenvalue weighted by molar-refractivity contribution is 0.255. The molecule has 102 valence electrons. The predicted octanol–water partition coefficient (Wildman–Crippen LogP) is 3.07. The van der Waals surface area contributed by atoms with Gasteiger partial charge >= 0.3 is 0 Å². The largest absolute Gasteiger partial charge is 0.330 e. The maximum Gasteiger partial charge on any atom is 0.142 e. The van der Waals surface area contributed by atoms with Gasteiger partial charge in [-0.15, -0.1) is 12.4 Å². The Labute approximate surface area is 119 Å². The van der Waals surface area contributed by atoms with Crippen molar-refractivity contribution in [1.82, 2.24) is 4.90 Å². The molecule has 0 bridgehead atoms. The Morgan fingerprint density at radius 2 is 2.22 bits per heavy atom. The van der Waals surface area contributed by atoms with E-state index in [0.717, 1.165) is 31.6 Å².